The van der Waals surface area contributed by atoms with E-state index in [0.717, 1.165) is 4.88 Å². The van der Waals surface area contributed by atoms with Gasteiger partial charge in [0.05, 0.1) is 11.6 Å². The quantitative estimate of drug-likeness (QED) is 0.932. The molecule has 1 unspecified atom stereocenters. The fourth-order valence-corrected chi connectivity index (χ4v) is 2.76. The first kappa shape index (κ1) is 13.9. The van der Waals surface area contributed by atoms with E-state index in [2.05, 4.69) is 0 Å². The minimum absolute atomic E-state index is 0.0501. The van der Waals surface area contributed by atoms with Crippen molar-refractivity contribution in [1.29, 1.82) is 0 Å². The summed E-state index contributed by atoms with van der Waals surface area (Å²) in [6, 6.07) is 8.35. The number of benzene rings is 1. The number of phenols is 1. The molecule has 2 aromatic rings. The van der Waals surface area contributed by atoms with E-state index in [0.29, 0.717) is 5.02 Å². The smallest absolute Gasteiger partial charge is 0.257 e. The lowest BCUT2D eigenvalue weighted by molar-refractivity contribution is 0.0742. The van der Waals surface area contributed by atoms with Crippen molar-refractivity contribution in [2.45, 2.75) is 13.0 Å². The third-order valence-corrected chi connectivity index (χ3v) is 4.32. The van der Waals surface area contributed by atoms with E-state index in [9.17, 15) is 9.90 Å². The maximum Gasteiger partial charge on any atom is 0.257 e. The highest BCUT2D eigenvalue weighted by atomic mass is 35.5. The summed E-state index contributed by atoms with van der Waals surface area (Å²) < 4.78 is 0. The van der Waals surface area contributed by atoms with Crippen LogP contribution in [0.2, 0.25) is 5.02 Å². The number of halogens is 1. The van der Waals surface area contributed by atoms with E-state index in [1.165, 1.54) is 12.1 Å². The first-order chi connectivity index (χ1) is 9.00. The van der Waals surface area contributed by atoms with Gasteiger partial charge < -0.3 is 10.0 Å². The number of nitrogens with zero attached hydrogens (tertiary/aromatic N) is 1. The Labute approximate surface area is 121 Å². The maximum atomic E-state index is 12.4. The number of amides is 1. The van der Waals surface area contributed by atoms with Crippen LogP contribution in [0.15, 0.2) is 35.7 Å². The summed E-state index contributed by atoms with van der Waals surface area (Å²) in [6.45, 7) is 1.95. The fraction of sp³-hybridized carbons (Fsp3) is 0.214. The molecule has 0 fully saturated rings. The third kappa shape index (κ3) is 2.91. The van der Waals surface area contributed by atoms with Crippen LogP contribution in [0.5, 0.6) is 5.75 Å². The highest BCUT2D eigenvalue weighted by Gasteiger charge is 2.22. The van der Waals surface area contributed by atoms with Gasteiger partial charge in [-0.2, -0.15) is 0 Å². The van der Waals surface area contributed by atoms with E-state index < -0.39 is 0 Å². The number of rotatable bonds is 3. The second-order valence-electron chi connectivity index (χ2n) is 4.27. The topological polar surface area (TPSA) is 40.5 Å². The Kier molecular flexibility index (Phi) is 4.12. The van der Waals surface area contributed by atoms with Gasteiger partial charge in [-0.1, -0.05) is 17.7 Å². The zero-order chi connectivity index (χ0) is 14.0. The van der Waals surface area contributed by atoms with Crippen LogP contribution in [0, 0.1) is 0 Å². The minimum atomic E-state index is -0.249. The van der Waals surface area contributed by atoms with E-state index in [-0.39, 0.29) is 23.3 Å². The van der Waals surface area contributed by atoms with Crippen LogP contribution in [-0.2, 0) is 0 Å². The highest BCUT2D eigenvalue weighted by Crippen LogP contribution is 2.28. The van der Waals surface area contributed by atoms with Crippen LogP contribution >= 0.6 is 22.9 Å². The Morgan fingerprint density at radius 1 is 1.42 bits per heavy atom. The minimum Gasteiger partial charge on any atom is -0.507 e. The van der Waals surface area contributed by atoms with Gasteiger partial charge in [0.15, 0.2) is 0 Å². The second kappa shape index (κ2) is 5.63. The van der Waals surface area contributed by atoms with Crippen molar-refractivity contribution >= 4 is 28.8 Å². The van der Waals surface area contributed by atoms with Crippen LogP contribution in [0.1, 0.15) is 28.2 Å². The lowest BCUT2D eigenvalue weighted by Crippen LogP contribution is -2.29. The van der Waals surface area contributed by atoms with Crippen molar-refractivity contribution in [3.8, 4) is 5.75 Å². The van der Waals surface area contributed by atoms with Gasteiger partial charge in [0.2, 0.25) is 0 Å². The zero-order valence-electron chi connectivity index (χ0n) is 10.6. The maximum absolute atomic E-state index is 12.4. The molecule has 0 aliphatic carbocycles. The van der Waals surface area contributed by atoms with Gasteiger partial charge in [0.25, 0.3) is 5.91 Å². The van der Waals surface area contributed by atoms with Gasteiger partial charge >= 0.3 is 0 Å². The third-order valence-electron chi connectivity index (χ3n) is 3.05. The molecule has 1 aromatic heterocycles. The Hall–Kier alpha value is -1.52. The van der Waals surface area contributed by atoms with E-state index in [1.807, 2.05) is 24.4 Å². The van der Waals surface area contributed by atoms with E-state index >= 15 is 0 Å². The van der Waals surface area contributed by atoms with Gasteiger partial charge in [-0.05, 0) is 36.6 Å². The van der Waals surface area contributed by atoms with Gasteiger partial charge in [0.1, 0.15) is 5.75 Å². The van der Waals surface area contributed by atoms with Crippen molar-refractivity contribution < 1.29 is 9.90 Å². The van der Waals surface area contributed by atoms with Crippen LogP contribution in [0.3, 0.4) is 0 Å². The summed E-state index contributed by atoms with van der Waals surface area (Å²) in [4.78, 5) is 15.1. The first-order valence-electron chi connectivity index (χ1n) is 5.79. The highest BCUT2D eigenvalue weighted by molar-refractivity contribution is 7.10. The fourth-order valence-electron chi connectivity index (χ4n) is 1.77. The molecule has 19 heavy (non-hydrogen) atoms. The molecule has 0 spiro atoms. The molecule has 1 atom stereocenters. The SMILES string of the molecule is CC(c1cccs1)N(C)C(=O)c1cc(Cl)ccc1O. The summed E-state index contributed by atoms with van der Waals surface area (Å²) in [5.41, 5.74) is 0.221. The molecular formula is C14H14ClNO2S. The van der Waals surface area contributed by atoms with Gasteiger partial charge in [0, 0.05) is 16.9 Å². The van der Waals surface area contributed by atoms with E-state index in [1.54, 1.807) is 29.4 Å². The normalized spacial score (nSPS) is 12.2. The molecule has 5 heteroatoms. The molecule has 100 valence electrons. The van der Waals surface area contributed by atoms with Crippen molar-refractivity contribution in [3.63, 3.8) is 0 Å². The summed E-state index contributed by atoms with van der Waals surface area (Å²) >= 11 is 7.46. The average Bonchev–Trinajstić information content (AvgIpc) is 2.93. The molecule has 1 heterocycles. The summed E-state index contributed by atoms with van der Waals surface area (Å²) in [5.74, 6) is -0.305. The summed E-state index contributed by atoms with van der Waals surface area (Å²) in [5, 5.41) is 12.2. The van der Waals surface area contributed by atoms with Gasteiger partial charge in [-0.15, -0.1) is 11.3 Å². The van der Waals surface area contributed by atoms with Crippen LogP contribution < -0.4 is 0 Å². The summed E-state index contributed by atoms with van der Waals surface area (Å²) in [6.07, 6.45) is 0. The zero-order valence-corrected chi connectivity index (χ0v) is 12.2. The molecule has 0 radical (unpaired) electrons. The molecular weight excluding hydrogens is 282 g/mol. The first-order valence-corrected chi connectivity index (χ1v) is 7.05. The number of phenolic OH excluding ortho intramolecular Hbond substituents is 1. The molecule has 0 saturated heterocycles. The predicted molar refractivity (Wildman–Crippen MR) is 77.9 cm³/mol. The Morgan fingerprint density at radius 3 is 2.79 bits per heavy atom. The monoisotopic (exact) mass is 295 g/mol. The van der Waals surface area contributed by atoms with Gasteiger partial charge in [-0.3, -0.25) is 4.79 Å². The second-order valence-corrected chi connectivity index (χ2v) is 5.68. The number of carbonyl (C=O) groups excluding carboxylic acids is 1. The predicted octanol–water partition coefficient (Wildman–Crippen LogP) is 3.94. The Balaban J connectivity index is 2.26. The molecule has 1 amide bonds. The number of hydrogen-bond donors (Lipinski definition) is 1. The standard InChI is InChI=1S/C14H14ClNO2S/c1-9(13-4-3-7-19-13)16(2)14(18)11-8-10(15)5-6-12(11)17/h3-9,17H,1-2H3. The van der Waals surface area contributed by atoms with Crippen LogP contribution in [0.4, 0.5) is 0 Å². The van der Waals surface area contributed by atoms with Gasteiger partial charge in [-0.25, -0.2) is 0 Å². The van der Waals surface area contributed by atoms with Crippen molar-refractivity contribution in [2.24, 2.45) is 0 Å². The molecule has 0 aliphatic rings. The Bertz CT molecular complexity index is 583. The molecule has 0 bridgehead atoms. The largest absolute Gasteiger partial charge is 0.507 e. The number of aromatic hydroxyl groups is 1. The lowest BCUT2D eigenvalue weighted by atomic mass is 10.1. The average molecular weight is 296 g/mol. The van der Waals surface area contributed by atoms with Crippen molar-refractivity contribution in [1.82, 2.24) is 4.90 Å². The molecule has 1 aromatic carbocycles. The lowest BCUT2D eigenvalue weighted by Gasteiger charge is -2.24. The molecule has 0 saturated carbocycles. The molecule has 3 nitrogen and oxygen atoms in total. The van der Waals surface area contributed by atoms with E-state index in [4.69, 9.17) is 11.6 Å². The van der Waals surface area contributed by atoms with Crippen LogP contribution in [-0.4, -0.2) is 23.0 Å². The van der Waals surface area contributed by atoms with Crippen molar-refractivity contribution in [2.75, 3.05) is 7.05 Å². The Morgan fingerprint density at radius 2 is 2.16 bits per heavy atom. The van der Waals surface area contributed by atoms with Crippen LogP contribution in [0.25, 0.3) is 0 Å². The number of thiophene rings is 1. The molecule has 0 aliphatic heterocycles. The molecule has 2 rings (SSSR count). The number of carbonyl (C=O) groups is 1. The summed E-state index contributed by atoms with van der Waals surface area (Å²) in [7, 11) is 1.72. The number of hydrogen-bond acceptors (Lipinski definition) is 3. The molecule has 1 N–H and O–H groups in total. The van der Waals surface area contributed by atoms with Crippen molar-refractivity contribution in [3.05, 3.63) is 51.2 Å².